The zero-order valence-corrected chi connectivity index (χ0v) is 18.8. The number of ether oxygens (including phenoxy) is 1. The van der Waals surface area contributed by atoms with E-state index in [0.29, 0.717) is 18.0 Å². The highest BCUT2D eigenvalue weighted by Crippen LogP contribution is 2.19. The first-order valence-electron chi connectivity index (χ1n) is 10.6. The number of carbonyl (C=O) groups is 1. The molecule has 32 heavy (non-hydrogen) atoms. The van der Waals surface area contributed by atoms with Crippen LogP contribution in [0.3, 0.4) is 0 Å². The molecule has 0 aliphatic carbocycles. The average molecular weight is 434 g/mol. The molecule has 0 fully saturated rings. The zero-order chi connectivity index (χ0) is 22.7. The van der Waals surface area contributed by atoms with E-state index in [0.717, 1.165) is 34.7 Å². The summed E-state index contributed by atoms with van der Waals surface area (Å²) in [6.07, 6.45) is 5.25. The first-order chi connectivity index (χ1) is 15.4. The quantitative estimate of drug-likeness (QED) is 0.442. The molecular weight excluding hydrogens is 406 g/mol. The Hall–Kier alpha value is -3.81. The maximum atomic E-state index is 12.6. The molecule has 0 saturated carbocycles. The van der Waals surface area contributed by atoms with Crippen LogP contribution in [-0.2, 0) is 19.7 Å². The number of benzene rings is 1. The minimum absolute atomic E-state index is 0.219. The summed E-state index contributed by atoms with van der Waals surface area (Å²) >= 11 is 0. The molecule has 8 nitrogen and oxygen atoms in total. The fourth-order valence-corrected chi connectivity index (χ4v) is 3.59. The molecule has 0 unspecified atom stereocenters. The van der Waals surface area contributed by atoms with E-state index in [4.69, 9.17) is 9.15 Å². The predicted molar refractivity (Wildman–Crippen MR) is 121 cm³/mol. The van der Waals surface area contributed by atoms with Gasteiger partial charge < -0.3 is 14.5 Å². The van der Waals surface area contributed by atoms with E-state index >= 15 is 0 Å². The molecule has 0 atom stereocenters. The molecular formula is C24H27N5O3. The summed E-state index contributed by atoms with van der Waals surface area (Å²) < 4.78 is 15.2. The smallest absolute Gasteiger partial charge is 0.291 e. The van der Waals surface area contributed by atoms with Crippen molar-refractivity contribution >= 4 is 11.6 Å². The number of anilines is 1. The minimum Gasteiger partial charge on any atom is -0.486 e. The monoisotopic (exact) mass is 433 g/mol. The predicted octanol–water partition coefficient (Wildman–Crippen LogP) is 4.50. The maximum absolute atomic E-state index is 12.6. The van der Waals surface area contributed by atoms with Crippen LogP contribution in [0.1, 0.15) is 45.6 Å². The van der Waals surface area contributed by atoms with Crippen molar-refractivity contribution in [1.29, 1.82) is 0 Å². The van der Waals surface area contributed by atoms with Crippen molar-refractivity contribution in [2.45, 2.75) is 47.4 Å². The third kappa shape index (κ3) is 4.91. The van der Waals surface area contributed by atoms with Gasteiger partial charge in [-0.1, -0.05) is 6.07 Å². The van der Waals surface area contributed by atoms with Crippen LogP contribution in [0.2, 0.25) is 0 Å². The largest absolute Gasteiger partial charge is 0.486 e. The number of aryl methyl sites for hydroxylation is 3. The van der Waals surface area contributed by atoms with E-state index < -0.39 is 0 Å². The Balaban J connectivity index is 1.34. The molecule has 0 bridgehead atoms. The van der Waals surface area contributed by atoms with Crippen molar-refractivity contribution in [2.75, 3.05) is 5.32 Å². The number of amides is 1. The van der Waals surface area contributed by atoms with Gasteiger partial charge in [-0.15, -0.1) is 0 Å². The van der Waals surface area contributed by atoms with Crippen LogP contribution >= 0.6 is 0 Å². The summed E-state index contributed by atoms with van der Waals surface area (Å²) in [5.74, 6) is 1.24. The van der Waals surface area contributed by atoms with Crippen molar-refractivity contribution in [3.05, 3.63) is 82.8 Å². The molecule has 0 aliphatic rings. The lowest BCUT2D eigenvalue weighted by Gasteiger charge is -2.06. The lowest BCUT2D eigenvalue weighted by Crippen LogP contribution is -2.10. The van der Waals surface area contributed by atoms with Crippen molar-refractivity contribution in [2.24, 2.45) is 0 Å². The third-order valence-corrected chi connectivity index (χ3v) is 5.19. The second-order valence-corrected chi connectivity index (χ2v) is 7.83. The van der Waals surface area contributed by atoms with Gasteiger partial charge in [0.15, 0.2) is 5.76 Å². The summed E-state index contributed by atoms with van der Waals surface area (Å²) in [5, 5.41) is 11.5. The van der Waals surface area contributed by atoms with E-state index in [1.165, 1.54) is 0 Å². The second kappa shape index (κ2) is 9.13. The summed E-state index contributed by atoms with van der Waals surface area (Å²) in [4.78, 5) is 12.6. The van der Waals surface area contributed by atoms with Gasteiger partial charge in [0.2, 0.25) is 0 Å². The van der Waals surface area contributed by atoms with Gasteiger partial charge in [0, 0.05) is 24.0 Å². The Morgan fingerprint density at radius 1 is 1.09 bits per heavy atom. The van der Waals surface area contributed by atoms with Crippen LogP contribution < -0.4 is 10.1 Å². The van der Waals surface area contributed by atoms with Crippen LogP contribution in [0, 0.1) is 20.8 Å². The summed E-state index contributed by atoms with van der Waals surface area (Å²) in [6, 6.07) is 9.41. The highest BCUT2D eigenvalue weighted by molar-refractivity contribution is 6.02. The van der Waals surface area contributed by atoms with E-state index in [1.807, 2.05) is 43.8 Å². The zero-order valence-electron chi connectivity index (χ0n) is 18.8. The first kappa shape index (κ1) is 21.4. The number of rotatable bonds is 8. The van der Waals surface area contributed by atoms with Gasteiger partial charge in [0.05, 0.1) is 24.6 Å². The highest BCUT2D eigenvalue weighted by Gasteiger charge is 2.14. The van der Waals surface area contributed by atoms with Gasteiger partial charge in [-0.05, 0) is 63.1 Å². The van der Waals surface area contributed by atoms with E-state index in [1.54, 1.807) is 29.2 Å². The van der Waals surface area contributed by atoms with Gasteiger partial charge >= 0.3 is 0 Å². The molecule has 0 radical (unpaired) electrons. The van der Waals surface area contributed by atoms with Gasteiger partial charge in [-0.25, -0.2) is 0 Å². The van der Waals surface area contributed by atoms with Crippen LogP contribution in [-0.4, -0.2) is 25.5 Å². The molecule has 0 saturated heterocycles. The number of hydrogen-bond donors (Lipinski definition) is 1. The normalized spacial score (nSPS) is 11.0. The Morgan fingerprint density at radius 3 is 2.59 bits per heavy atom. The van der Waals surface area contributed by atoms with Crippen LogP contribution in [0.25, 0.3) is 0 Å². The van der Waals surface area contributed by atoms with Crippen molar-refractivity contribution < 1.29 is 13.9 Å². The van der Waals surface area contributed by atoms with Gasteiger partial charge in [0.1, 0.15) is 18.1 Å². The maximum Gasteiger partial charge on any atom is 0.291 e. The number of hydrogen-bond acceptors (Lipinski definition) is 5. The molecule has 4 rings (SSSR count). The van der Waals surface area contributed by atoms with E-state index in [2.05, 4.69) is 28.5 Å². The van der Waals surface area contributed by atoms with Gasteiger partial charge in [-0.3, -0.25) is 14.2 Å². The number of nitrogens with zero attached hydrogens (tertiary/aromatic N) is 4. The molecule has 8 heteroatoms. The SMILES string of the molecule is CCn1ncc(Cn2cc(NC(=O)c3ccc(COc4cc(C)cc(C)c4)o3)cn2)c1C. The molecule has 1 N–H and O–H groups in total. The topological polar surface area (TPSA) is 87.1 Å². The van der Waals surface area contributed by atoms with Crippen molar-refractivity contribution in [3.63, 3.8) is 0 Å². The number of carbonyl (C=O) groups excluding carboxylic acids is 1. The summed E-state index contributed by atoms with van der Waals surface area (Å²) in [5.41, 5.74) is 5.07. The molecule has 1 aromatic carbocycles. The van der Waals surface area contributed by atoms with Crippen LogP contribution in [0.5, 0.6) is 5.75 Å². The van der Waals surface area contributed by atoms with Crippen LogP contribution in [0.15, 0.2) is 53.3 Å². The fourth-order valence-electron chi connectivity index (χ4n) is 3.59. The molecule has 4 aromatic rings. The van der Waals surface area contributed by atoms with Crippen molar-refractivity contribution in [3.8, 4) is 5.75 Å². The van der Waals surface area contributed by atoms with E-state index in [-0.39, 0.29) is 18.3 Å². The fraction of sp³-hybridized carbons (Fsp3) is 0.292. The molecule has 3 aromatic heterocycles. The molecule has 1 amide bonds. The molecule has 3 heterocycles. The first-order valence-corrected chi connectivity index (χ1v) is 10.6. The Kier molecular flexibility index (Phi) is 6.11. The third-order valence-electron chi connectivity index (χ3n) is 5.19. The molecule has 0 spiro atoms. The van der Waals surface area contributed by atoms with Crippen LogP contribution in [0.4, 0.5) is 5.69 Å². The minimum atomic E-state index is -0.336. The standard InChI is InChI=1S/C24H27N5O3/c1-5-29-18(4)19(11-26-29)13-28-14-20(12-25-28)27-24(30)23-7-6-21(32-23)15-31-22-9-16(2)8-17(3)10-22/h6-12,14H,5,13,15H2,1-4H3,(H,27,30). The second-order valence-electron chi connectivity index (χ2n) is 7.83. The Morgan fingerprint density at radius 2 is 1.88 bits per heavy atom. The van der Waals surface area contributed by atoms with Gasteiger partial charge in [-0.2, -0.15) is 10.2 Å². The molecule has 166 valence electrons. The van der Waals surface area contributed by atoms with E-state index in [9.17, 15) is 4.79 Å². The Bertz CT molecular complexity index is 1210. The number of aromatic nitrogens is 4. The average Bonchev–Trinajstić information content (AvgIpc) is 3.47. The molecule has 0 aliphatic heterocycles. The summed E-state index contributed by atoms with van der Waals surface area (Å²) in [6.45, 7) is 9.80. The lowest BCUT2D eigenvalue weighted by atomic mass is 10.1. The lowest BCUT2D eigenvalue weighted by molar-refractivity contribution is 0.0992. The Labute approximate surface area is 186 Å². The highest BCUT2D eigenvalue weighted by atomic mass is 16.5. The van der Waals surface area contributed by atoms with Crippen molar-refractivity contribution in [1.82, 2.24) is 19.6 Å². The summed E-state index contributed by atoms with van der Waals surface area (Å²) in [7, 11) is 0. The number of furan rings is 1. The number of nitrogens with one attached hydrogen (secondary N) is 1. The van der Waals surface area contributed by atoms with Gasteiger partial charge in [0.25, 0.3) is 5.91 Å².